The van der Waals surface area contributed by atoms with Gasteiger partial charge in [-0.05, 0) is 60.1 Å². The molecule has 2 aliphatic rings. The van der Waals surface area contributed by atoms with Crippen LogP contribution in [0.5, 0.6) is 11.5 Å². The lowest BCUT2D eigenvalue weighted by Crippen LogP contribution is -2.56. The Morgan fingerprint density at radius 1 is 1.24 bits per heavy atom. The first-order valence-electron chi connectivity index (χ1n) is 13.4. The molecule has 0 spiro atoms. The summed E-state index contributed by atoms with van der Waals surface area (Å²) < 4.78 is 12.3. The Hall–Kier alpha value is -2.18. The first kappa shape index (κ1) is 30.4. The van der Waals surface area contributed by atoms with Gasteiger partial charge in [0.1, 0.15) is 18.5 Å². The molecule has 1 fully saturated rings. The molecule has 0 aliphatic heterocycles. The predicted octanol–water partition coefficient (Wildman–Crippen LogP) is 3.24. The topological polar surface area (TPSA) is 125 Å². The van der Waals surface area contributed by atoms with Crippen LogP contribution >= 0.6 is 22.6 Å². The number of methoxy groups -OCH3 is 1. The third kappa shape index (κ3) is 7.47. The smallest absolute Gasteiger partial charge is 0.247 e. The predicted molar refractivity (Wildman–Crippen MR) is 151 cm³/mol. The minimum atomic E-state index is -1.09. The summed E-state index contributed by atoms with van der Waals surface area (Å²) in [5, 5.41) is 23.5. The van der Waals surface area contributed by atoms with E-state index < -0.39 is 18.2 Å². The molecular weight excluding hydrogens is 603 g/mol. The second-order valence-corrected chi connectivity index (χ2v) is 11.1. The molecule has 1 saturated carbocycles. The van der Waals surface area contributed by atoms with E-state index in [1.54, 1.807) is 23.1 Å². The number of hydrogen-bond acceptors (Lipinski definition) is 7. The highest BCUT2D eigenvalue weighted by atomic mass is 127. The summed E-state index contributed by atoms with van der Waals surface area (Å²) in [7, 11) is 1.46. The van der Waals surface area contributed by atoms with Gasteiger partial charge in [0.2, 0.25) is 11.8 Å². The maximum atomic E-state index is 13.5. The molecule has 3 rings (SSSR count). The molecule has 10 heteroatoms. The van der Waals surface area contributed by atoms with Gasteiger partial charge < -0.3 is 29.9 Å². The first-order valence-corrected chi connectivity index (χ1v) is 14.5. The highest BCUT2D eigenvalue weighted by molar-refractivity contribution is 14.1. The van der Waals surface area contributed by atoms with Crippen LogP contribution in [0.1, 0.15) is 68.6 Å². The van der Waals surface area contributed by atoms with Crippen molar-refractivity contribution >= 4 is 40.7 Å². The van der Waals surface area contributed by atoms with Crippen LogP contribution in [-0.4, -0.2) is 78.3 Å². The highest BCUT2D eigenvalue weighted by Crippen LogP contribution is 2.38. The first-order chi connectivity index (χ1) is 18.3. The number of carbonyl (C=O) groups is 3. The Morgan fingerprint density at radius 2 is 2.00 bits per heavy atom. The molecule has 2 aliphatic carbocycles. The molecule has 0 bridgehead atoms. The Bertz CT molecular complexity index is 1010. The normalized spacial score (nSPS) is 21.2. The van der Waals surface area contributed by atoms with Crippen molar-refractivity contribution in [2.24, 2.45) is 5.92 Å². The average Bonchev–Trinajstić information content (AvgIpc) is 2.88. The van der Waals surface area contributed by atoms with Gasteiger partial charge in [0.05, 0.1) is 23.3 Å². The fraction of sp³-hybridized carbons (Fsp3) is 0.607. The van der Waals surface area contributed by atoms with Crippen molar-refractivity contribution in [2.75, 3.05) is 26.8 Å². The minimum absolute atomic E-state index is 0.0232. The second kappa shape index (κ2) is 14.8. The maximum Gasteiger partial charge on any atom is 0.247 e. The van der Waals surface area contributed by atoms with E-state index in [4.69, 9.17) is 9.47 Å². The molecule has 0 saturated heterocycles. The summed E-state index contributed by atoms with van der Waals surface area (Å²) in [5.74, 6) is 0.270. The SMILES string of the molecule is CCCCCCN(C(=O)C1CCC1)C1CC(C(=O)NCCO)=CC(Oc2c(I)cc(C=O)cc2OC)C1O. The molecule has 0 radical (unpaired) electrons. The van der Waals surface area contributed by atoms with Crippen LogP contribution in [0.25, 0.3) is 0 Å². The number of ether oxygens (including phenoxy) is 2. The standard InChI is InChI=1S/C28H39IN2O7/c1-3-4-5-6-11-31(28(36)19-8-7-9-19)22-15-20(27(35)30-10-12-32)16-23(25(22)34)38-26-21(29)13-18(17-33)14-24(26)37-2/h13-14,16-17,19,22-23,25,32,34H,3-12,15H2,1-2H3,(H,30,35). The Labute approximate surface area is 238 Å². The van der Waals surface area contributed by atoms with Crippen molar-refractivity contribution in [3.8, 4) is 11.5 Å². The number of unbranched alkanes of at least 4 members (excludes halogenated alkanes) is 3. The lowest BCUT2D eigenvalue weighted by atomic mass is 9.82. The van der Waals surface area contributed by atoms with E-state index in [-0.39, 0.29) is 37.3 Å². The van der Waals surface area contributed by atoms with Gasteiger partial charge in [-0.2, -0.15) is 0 Å². The van der Waals surface area contributed by atoms with Gasteiger partial charge in [0.25, 0.3) is 0 Å². The monoisotopic (exact) mass is 642 g/mol. The van der Waals surface area contributed by atoms with Crippen LogP contribution in [-0.2, 0) is 9.59 Å². The molecular formula is C28H39IN2O7. The van der Waals surface area contributed by atoms with Gasteiger partial charge >= 0.3 is 0 Å². The fourth-order valence-corrected chi connectivity index (χ4v) is 5.63. The van der Waals surface area contributed by atoms with Crippen molar-refractivity contribution in [1.29, 1.82) is 0 Å². The van der Waals surface area contributed by atoms with Gasteiger partial charge in [-0.1, -0.05) is 32.6 Å². The number of amides is 2. The van der Waals surface area contributed by atoms with Crippen LogP contribution in [0, 0.1) is 9.49 Å². The molecule has 3 unspecified atom stereocenters. The Balaban J connectivity index is 1.95. The van der Waals surface area contributed by atoms with Crippen molar-refractivity contribution in [2.45, 2.75) is 76.5 Å². The third-order valence-corrected chi connectivity index (χ3v) is 8.05. The molecule has 0 aromatic heterocycles. The summed E-state index contributed by atoms with van der Waals surface area (Å²) in [5.41, 5.74) is 0.807. The Morgan fingerprint density at radius 3 is 2.61 bits per heavy atom. The van der Waals surface area contributed by atoms with E-state index in [1.165, 1.54) is 7.11 Å². The molecule has 9 nitrogen and oxygen atoms in total. The van der Waals surface area contributed by atoms with Gasteiger partial charge in [0.15, 0.2) is 11.5 Å². The summed E-state index contributed by atoms with van der Waals surface area (Å²) >= 11 is 2.04. The second-order valence-electron chi connectivity index (χ2n) is 9.89. The molecule has 3 atom stereocenters. The number of nitrogens with zero attached hydrogens (tertiary/aromatic N) is 1. The van der Waals surface area contributed by atoms with Crippen molar-refractivity contribution in [3.63, 3.8) is 0 Å². The number of aliphatic hydroxyl groups excluding tert-OH is 2. The molecule has 1 aromatic rings. The van der Waals surface area contributed by atoms with E-state index >= 15 is 0 Å². The lowest BCUT2D eigenvalue weighted by molar-refractivity contribution is -0.145. The molecule has 0 heterocycles. The van der Waals surface area contributed by atoms with E-state index in [9.17, 15) is 24.6 Å². The molecule has 1 aromatic carbocycles. The van der Waals surface area contributed by atoms with Gasteiger partial charge in [0, 0.05) is 36.6 Å². The summed E-state index contributed by atoms with van der Waals surface area (Å²) in [6.45, 7) is 2.52. The molecule has 210 valence electrons. The summed E-state index contributed by atoms with van der Waals surface area (Å²) in [4.78, 5) is 39.6. The third-order valence-electron chi connectivity index (χ3n) is 7.25. The number of hydrogen-bond donors (Lipinski definition) is 3. The lowest BCUT2D eigenvalue weighted by Gasteiger charge is -2.43. The van der Waals surface area contributed by atoms with Crippen LogP contribution in [0.4, 0.5) is 0 Å². The van der Waals surface area contributed by atoms with Crippen LogP contribution < -0.4 is 14.8 Å². The number of carbonyl (C=O) groups excluding carboxylic acids is 3. The molecule has 38 heavy (non-hydrogen) atoms. The van der Waals surface area contributed by atoms with E-state index in [2.05, 4.69) is 12.2 Å². The van der Waals surface area contributed by atoms with Crippen LogP contribution in [0.15, 0.2) is 23.8 Å². The zero-order chi connectivity index (χ0) is 27.7. The summed E-state index contributed by atoms with van der Waals surface area (Å²) in [6, 6.07) is 2.56. The van der Waals surface area contributed by atoms with Crippen molar-refractivity contribution < 1.29 is 34.1 Å². The van der Waals surface area contributed by atoms with Gasteiger partial charge in [-0.3, -0.25) is 14.4 Å². The van der Waals surface area contributed by atoms with Crippen LogP contribution in [0.3, 0.4) is 0 Å². The largest absolute Gasteiger partial charge is 0.493 e. The maximum absolute atomic E-state index is 13.5. The van der Waals surface area contributed by atoms with Gasteiger partial charge in [-0.15, -0.1) is 0 Å². The van der Waals surface area contributed by atoms with Crippen molar-refractivity contribution in [1.82, 2.24) is 10.2 Å². The zero-order valence-electron chi connectivity index (χ0n) is 22.2. The van der Waals surface area contributed by atoms with Gasteiger partial charge in [-0.25, -0.2) is 0 Å². The van der Waals surface area contributed by atoms with E-state index in [0.717, 1.165) is 44.9 Å². The molecule has 3 N–H and O–H groups in total. The Kier molecular flexibility index (Phi) is 11.9. The minimum Gasteiger partial charge on any atom is -0.493 e. The molecule has 2 amide bonds. The number of aldehydes is 1. The number of benzene rings is 1. The number of aliphatic hydroxyl groups is 2. The zero-order valence-corrected chi connectivity index (χ0v) is 24.3. The average molecular weight is 643 g/mol. The number of halogens is 1. The highest BCUT2D eigenvalue weighted by Gasteiger charge is 2.42. The van der Waals surface area contributed by atoms with E-state index in [1.807, 2.05) is 22.6 Å². The van der Waals surface area contributed by atoms with Crippen molar-refractivity contribution in [3.05, 3.63) is 32.9 Å². The van der Waals surface area contributed by atoms with Crippen LogP contribution in [0.2, 0.25) is 0 Å². The van der Waals surface area contributed by atoms with E-state index in [0.29, 0.717) is 39.0 Å². The number of rotatable bonds is 14. The fourth-order valence-electron chi connectivity index (χ4n) is 4.88. The quantitative estimate of drug-likeness (QED) is 0.162. The number of nitrogens with one attached hydrogen (secondary N) is 1. The summed E-state index contributed by atoms with van der Waals surface area (Å²) in [6.07, 6.45) is 7.06.